The minimum atomic E-state index is -0.178. The first-order valence-electron chi connectivity index (χ1n) is 5.62. The van der Waals surface area contributed by atoms with E-state index in [4.69, 9.17) is 16.3 Å². The van der Waals surface area contributed by atoms with Crippen molar-refractivity contribution in [3.8, 4) is 5.75 Å². The molecule has 0 aromatic heterocycles. The lowest BCUT2D eigenvalue weighted by molar-refractivity contribution is 0.0951. The molecule has 0 aliphatic rings. The molecular formula is C12H17Cl2IN2O2. The topological polar surface area (TPSA) is 50.4 Å². The van der Waals surface area contributed by atoms with Crippen LogP contribution in [0.2, 0.25) is 5.02 Å². The Morgan fingerprint density at radius 3 is 2.68 bits per heavy atom. The number of rotatable bonds is 6. The van der Waals surface area contributed by atoms with Crippen molar-refractivity contribution >= 4 is 52.5 Å². The van der Waals surface area contributed by atoms with Crippen molar-refractivity contribution in [1.82, 2.24) is 10.6 Å². The van der Waals surface area contributed by atoms with Crippen molar-refractivity contribution in [2.45, 2.75) is 6.92 Å². The molecule has 1 aromatic carbocycles. The molecule has 0 saturated heterocycles. The lowest BCUT2D eigenvalue weighted by Gasteiger charge is -2.11. The molecule has 7 heteroatoms. The number of likely N-dealkylation sites (N-methyl/N-ethyl adjacent to an activating group) is 1. The van der Waals surface area contributed by atoms with E-state index in [1.165, 1.54) is 7.11 Å². The van der Waals surface area contributed by atoms with Gasteiger partial charge in [0.2, 0.25) is 0 Å². The Balaban J connectivity index is 0.00000324. The maximum absolute atomic E-state index is 12.0. The first kappa shape index (κ1) is 18.8. The summed E-state index contributed by atoms with van der Waals surface area (Å²) >= 11 is 8.11. The maximum Gasteiger partial charge on any atom is 0.255 e. The van der Waals surface area contributed by atoms with E-state index < -0.39 is 0 Å². The van der Waals surface area contributed by atoms with E-state index in [-0.39, 0.29) is 18.3 Å². The Bertz CT molecular complexity index is 430. The highest BCUT2D eigenvalue weighted by Gasteiger charge is 2.14. The summed E-state index contributed by atoms with van der Waals surface area (Å²) in [6, 6.07) is 3.38. The summed E-state index contributed by atoms with van der Waals surface area (Å²) in [5.41, 5.74) is 0.458. The second-order valence-electron chi connectivity index (χ2n) is 3.58. The molecule has 0 aliphatic heterocycles. The van der Waals surface area contributed by atoms with Gasteiger partial charge >= 0.3 is 0 Å². The van der Waals surface area contributed by atoms with Crippen LogP contribution < -0.4 is 15.4 Å². The lowest BCUT2D eigenvalue weighted by Crippen LogP contribution is -2.31. The number of methoxy groups -OCH3 is 1. The van der Waals surface area contributed by atoms with Gasteiger partial charge in [0.15, 0.2) is 0 Å². The van der Waals surface area contributed by atoms with Crippen LogP contribution in [0.5, 0.6) is 5.75 Å². The van der Waals surface area contributed by atoms with Gasteiger partial charge < -0.3 is 15.4 Å². The Hall–Kier alpha value is -0.240. The van der Waals surface area contributed by atoms with E-state index in [1.807, 2.05) is 6.92 Å². The van der Waals surface area contributed by atoms with Crippen molar-refractivity contribution in [2.24, 2.45) is 0 Å². The van der Waals surface area contributed by atoms with Crippen molar-refractivity contribution in [1.29, 1.82) is 0 Å². The molecule has 0 radical (unpaired) electrons. The summed E-state index contributed by atoms with van der Waals surface area (Å²) in [5, 5.41) is 6.49. The van der Waals surface area contributed by atoms with Gasteiger partial charge in [-0.3, -0.25) is 4.79 Å². The summed E-state index contributed by atoms with van der Waals surface area (Å²) in [6.45, 7) is 4.21. The molecular weight excluding hydrogens is 402 g/mol. The van der Waals surface area contributed by atoms with Crippen LogP contribution in [0.4, 0.5) is 0 Å². The number of carbonyl (C=O) groups excluding carboxylic acids is 1. The average molecular weight is 419 g/mol. The predicted molar refractivity (Wildman–Crippen MR) is 88.8 cm³/mol. The SMILES string of the molecule is CCNCCNC(=O)c1cc(Cl)c(I)cc1OC.Cl. The number of hydrogen-bond donors (Lipinski definition) is 2. The van der Waals surface area contributed by atoms with E-state index in [0.29, 0.717) is 22.9 Å². The lowest BCUT2D eigenvalue weighted by atomic mass is 10.2. The van der Waals surface area contributed by atoms with Crippen LogP contribution in [0, 0.1) is 3.57 Å². The molecule has 0 aliphatic carbocycles. The minimum absolute atomic E-state index is 0. The minimum Gasteiger partial charge on any atom is -0.496 e. The third kappa shape index (κ3) is 5.72. The number of amides is 1. The van der Waals surface area contributed by atoms with E-state index in [2.05, 4.69) is 33.2 Å². The fraction of sp³-hybridized carbons (Fsp3) is 0.417. The number of carbonyl (C=O) groups is 1. The van der Waals surface area contributed by atoms with Gasteiger partial charge in [-0.05, 0) is 41.3 Å². The van der Waals surface area contributed by atoms with Crippen molar-refractivity contribution in [2.75, 3.05) is 26.7 Å². The largest absolute Gasteiger partial charge is 0.496 e. The Morgan fingerprint density at radius 2 is 2.11 bits per heavy atom. The fourth-order valence-electron chi connectivity index (χ4n) is 1.41. The molecule has 0 unspecified atom stereocenters. The van der Waals surface area contributed by atoms with Gasteiger partial charge in [0.05, 0.1) is 17.7 Å². The van der Waals surface area contributed by atoms with Crippen LogP contribution in [-0.2, 0) is 0 Å². The molecule has 0 saturated carbocycles. The van der Waals surface area contributed by atoms with Gasteiger partial charge in [-0.25, -0.2) is 0 Å². The summed E-state index contributed by atoms with van der Waals surface area (Å²) in [6.07, 6.45) is 0. The van der Waals surface area contributed by atoms with E-state index in [0.717, 1.165) is 16.7 Å². The molecule has 1 amide bonds. The standard InChI is InChI=1S/C12H16ClIN2O2.ClH/c1-3-15-4-5-16-12(17)8-6-9(13)10(14)7-11(8)18-2;/h6-7,15H,3-5H2,1-2H3,(H,16,17);1H. The van der Waals surface area contributed by atoms with Crippen molar-refractivity contribution < 1.29 is 9.53 Å². The quantitative estimate of drug-likeness (QED) is 0.551. The second kappa shape index (κ2) is 9.63. The highest BCUT2D eigenvalue weighted by Crippen LogP contribution is 2.28. The van der Waals surface area contributed by atoms with Crippen LogP contribution >= 0.6 is 46.6 Å². The van der Waals surface area contributed by atoms with Crippen LogP contribution in [0.3, 0.4) is 0 Å². The molecule has 2 N–H and O–H groups in total. The first-order chi connectivity index (χ1) is 8.60. The number of nitrogens with one attached hydrogen (secondary N) is 2. The van der Waals surface area contributed by atoms with Crippen molar-refractivity contribution in [3.05, 3.63) is 26.3 Å². The molecule has 0 spiro atoms. The third-order valence-electron chi connectivity index (χ3n) is 2.32. The highest BCUT2D eigenvalue weighted by molar-refractivity contribution is 14.1. The molecule has 1 aromatic rings. The number of hydrogen-bond acceptors (Lipinski definition) is 3. The summed E-state index contributed by atoms with van der Waals surface area (Å²) in [4.78, 5) is 12.0. The summed E-state index contributed by atoms with van der Waals surface area (Å²) in [5.74, 6) is 0.354. The van der Waals surface area contributed by atoms with Gasteiger partial charge in [0.1, 0.15) is 5.75 Å². The van der Waals surface area contributed by atoms with Crippen LogP contribution in [0.15, 0.2) is 12.1 Å². The number of ether oxygens (including phenoxy) is 1. The third-order valence-corrected chi connectivity index (χ3v) is 3.85. The summed E-state index contributed by atoms with van der Waals surface area (Å²) in [7, 11) is 1.54. The smallest absolute Gasteiger partial charge is 0.255 e. The van der Waals surface area contributed by atoms with Crippen LogP contribution in [0.1, 0.15) is 17.3 Å². The van der Waals surface area contributed by atoms with Gasteiger partial charge in [0.25, 0.3) is 5.91 Å². The molecule has 0 bridgehead atoms. The van der Waals surface area contributed by atoms with Gasteiger partial charge in [0, 0.05) is 16.7 Å². The van der Waals surface area contributed by atoms with Crippen LogP contribution in [0.25, 0.3) is 0 Å². The fourth-order valence-corrected chi connectivity index (χ4v) is 2.01. The number of benzene rings is 1. The van der Waals surface area contributed by atoms with Crippen molar-refractivity contribution in [3.63, 3.8) is 0 Å². The van der Waals surface area contributed by atoms with E-state index >= 15 is 0 Å². The zero-order valence-corrected chi connectivity index (χ0v) is 14.5. The summed E-state index contributed by atoms with van der Waals surface area (Å²) < 4.78 is 6.05. The maximum atomic E-state index is 12.0. The first-order valence-corrected chi connectivity index (χ1v) is 7.07. The molecule has 0 atom stereocenters. The Kier molecular flexibility index (Phi) is 9.51. The molecule has 0 fully saturated rings. The normalized spacial score (nSPS) is 9.68. The Labute approximate surface area is 138 Å². The van der Waals surface area contributed by atoms with E-state index in [9.17, 15) is 4.79 Å². The Morgan fingerprint density at radius 1 is 1.42 bits per heavy atom. The monoisotopic (exact) mass is 418 g/mol. The molecule has 108 valence electrons. The zero-order chi connectivity index (χ0) is 13.5. The highest BCUT2D eigenvalue weighted by atomic mass is 127. The van der Waals surface area contributed by atoms with Crippen LogP contribution in [-0.4, -0.2) is 32.7 Å². The zero-order valence-electron chi connectivity index (χ0n) is 10.8. The average Bonchev–Trinajstić information content (AvgIpc) is 2.37. The van der Waals surface area contributed by atoms with Gasteiger partial charge in [-0.1, -0.05) is 18.5 Å². The second-order valence-corrected chi connectivity index (χ2v) is 5.15. The molecule has 4 nitrogen and oxygen atoms in total. The van der Waals surface area contributed by atoms with Gasteiger partial charge in [-0.2, -0.15) is 0 Å². The van der Waals surface area contributed by atoms with E-state index in [1.54, 1.807) is 12.1 Å². The van der Waals surface area contributed by atoms with Gasteiger partial charge in [-0.15, -0.1) is 12.4 Å². The number of halogens is 3. The molecule has 19 heavy (non-hydrogen) atoms. The molecule has 0 heterocycles. The molecule has 1 rings (SSSR count). The predicted octanol–water partition coefficient (Wildman–Crippen LogP) is 2.71.